The first-order valence-corrected chi connectivity index (χ1v) is 11.7. The molecule has 0 aliphatic carbocycles. The first-order chi connectivity index (χ1) is 15.7. The number of piperazine rings is 1. The highest BCUT2D eigenvalue weighted by molar-refractivity contribution is 6.00. The lowest BCUT2D eigenvalue weighted by atomic mass is 10.1. The molecule has 2 aromatic rings. The van der Waals surface area contributed by atoms with Crippen molar-refractivity contribution < 1.29 is 9.59 Å². The van der Waals surface area contributed by atoms with Crippen LogP contribution in [0.1, 0.15) is 31.4 Å². The number of amides is 2. The van der Waals surface area contributed by atoms with Crippen LogP contribution in [-0.4, -0.2) is 83.5 Å². The molecule has 1 unspecified atom stereocenters. The van der Waals surface area contributed by atoms with E-state index in [9.17, 15) is 9.59 Å². The summed E-state index contributed by atoms with van der Waals surface area (Å²) in [7, 11) is 0. The maximum absolute atomic E-state index is 13.4. The molecule has 1 aromatic heterocycles. The normalized spacial score (nSPS) is 17.8. The Hall–Kier alpha value is -2.71. The highest BCUT2D eigenvalue weighted by Crippen LogP contribution is 2.30. The molecule has 1 atom stereocenters. The minimum atomic E-state index is -0.592. The molecule has 1 fully saturated rings. The van der Waals surface area contributed by atoms with Crippen LogP contribution >= 0.6 is 0 Å². The number of carbonyl (C=O) groups is 2. The van der Waals surface area contributed by atoms with E-state index in [2.05, 4.69) is 33.1 Å². The molecule has 172 valence electrons. The fourth-order valence-electron chi connectivity index (χ4n) is 4.63. The number of nitrogens with one attached hydrogen (secondary N) is 1. The lowest BCUT2D eigenvalue weighted by Crippen LogP contribution is -2.46. The van der Waals surface area contributed by atoms with E-state index in [4.69, 9.17) is 0 Å². The summed E-state index contributed by atoms with van der Waals surface area (Å²) in [5.74, 6) is -0.155. The molecule has 2 aliphatic heterocycles. The molecule has 3 heterocycles. The SMILES string of the molecule is CCN1CCN(CCCNC(=O)CC(C(=O)N2CCc3ccccc32)n2ccnc2)CC1. The van der Waals surface area contributed by atoms with Gasteiger partial charge >= 0.3 is 0 Å². The molecule has 2 aliphatic rings. The van der Waals surface area contributed by atoms with Crippen molar-refractivity contribution in [3.8, 4) is 0 Å². The number of hydrogen-bond acceptors (Lipinski definition) is 5. The van der Waals surface area contributed by atoms with Crippen molar-refractivity contribution in [2.24, 2.45) is 0 Å². The van der Waals surface area contributed by atoms with Gasteiger partial charge < -0.3 is 24.6 Å². The summed E-state index contributed by atoms with van der Waals surface area (Å²) < 4.78 is 1.75. The van der Waals surface area contributed by atoms with Crippen molar-refractivity contribution in [2.45, 2.75) is 32.2 Å². The number of aromatic nitrogens is 2. The molecule has 1 aromatic carbocycles. The van der Waals surface area contributed by atoms with E-state index < -0.39 is 6.04 Å². The van der Waals surface area contributed by atoms with Crippen LogP contribution in [0.2, 0.25) is 0 Å². The number of para-hydroxylation sites is 1. The van der Waals surface area contributed by atoms with E-state index in [-0.39, 0.29) is 18.2 Å². The summed E-state index contributed by atoms with van der Waals surface area (Å²) >= 11 is 0. The monoisotopic (exact) mass is 438 g/mol. The summed E-state index contributed by atoms with van der Waals surface area (Å²) in [6.45, 7) is 10.0. The topological polar surface area (TPSA) is 73.7 Å². The van der Waals surface area contributed by atoms with Crippen LogP contribution in [0, 0.1) is 0 Å². The van der Waals surface area contributed by atoms with E-state index in [0.717, 1.165) is 57.8 Å². The molecule has 0 spiro atoms. The number of hydrogen-bond donors (Lipinski definition) is 1. The van der Waals surface area contributed by atoms with Gasteiger partial charge in [0.1, 0.15) is 6.04 Å². The largest absolute Gasteiger partial charge is 0.356 e. The number of carbonyl (C=O) groups excluding carboxylic acids is 2. The Kier molecular flexibility index (Phi) is 7.55. The summed E-state index contributed by atoms with van der Waals surface area (Å²) in [4.78, 5) is 37.0. The lowest BCUT2D eigenvalue weighted by Gasteiger charge is -2.34. The van der Waals surface area contributed by atoms with Crippen molar-refractivity contribution in [1.82, 2.24) is 24.7 Å². The van der Waals surface area contributed by atoms with Crippen LogP contribution < -0.4 is 10.2 Å². The summed E-state index contributed by atoms with van der Waals surface area (Å²) in [6.07, 6.45) is 6.90. The minimum Gasteiger partial charge on any atom is -0.356 e. The number of rotatable bonds is 9. The predicted molar refractivity (Wildman–Crippen MR) is 125 cm³/mol. The summed E-state index contributed by atoms with van der Waals surface area (Å²) in [5.41, 5.74) is 2.13. The number of benzene rings is 1. The van der Waals surface area contributed by atoms with Crippen molar-refractivity contribution in [3.05, 3.63) is 48.5 Å². The van der Waals surface area contributed by atoms with Gasteiger partial charge in [0.25, 0.3) is 5.91 Å². The van der Waals surface area contributed by atoms with E-state index in [1.165, 1.54) is 5.56 Å². The zero-order valence-electron chi connectivity index (χ0n) is 18.9. The minimum absolute atomic E-state index is 0.0584. The lowest BCUT2D eigenvalue weighted by molar-refractivity contribution is -0.128. The third kappa shape index (κ3) is 5.37. The van der Waals surface area contributed by atoms with Gasteiger partial charge in [-0.2, -0.15) is 0 Å². The van der Waals surface area contributed by atoms with Crippen molar-refractivity contribution in [2.75, 3.05) is 57.3 Å². The van der Waals surface area contributed by atoms with Gasteiger partial charge in [0.2, 0.25) is 5.91 Å². The zero-order valence-corrected chi connectivity index (χ0v) is 18.9. The van der Waals surface area contributed by atoms with Gasteiger partial charge in [0.05, 0.1) is 12.7 Å². The molecule has 4 rings (SSSR count). The Morgan fingerprint density at radius 2 is 1.88 bits per heavy atom. The van der Waals surface area contributed by atoms with Crippen LogP contribution in [0.5, 0.6) is 0 Å². The predicted octanol–water partition coefficient (Wildman–Crippen LogP) is 1.55. The molecule has 0 bridgehead atoms. The number of anilines is 1. The molecule has 1 N–H and O–H groups in total. The van der Waals surface area contributed by atoms with Gasteiger partial charge in [-0.15, -0.1) is 0 Å². The highest BCUT2D eigenvalue weighted by atomic mass is 16.2. The standard InChI is InChI=1S/C24H34N6O2/c1-2-27-14-16-28(17-15-27)11-5-9-26-23(31)18-22(29-13-10-25-19-29)24(32)30-12-8-20-6-3-4-7-21(20)30/h3-4,6-7,10,13,19,22H,2,5,8-9,11-12,14-18H2,1H3,(H,26,31). The quantitative estimate of drug-likeness (QED) is 0.602. The van der Waals surface area contributed by atoms with Gasteiger partial charge in [-0.05, 0) is 37.6 Å². The number of nitrogens with zero attached hydrogens (tertiary/aromatic N) is 5. The second-order valence-electron chi connectivity index (χ2n) is 8.58. The number of fused-ring (bicyclic) bond motifs is 1. The van der Waals surface area contributed by atoms with Gasteiger partial charge in [-0.1, -0.05) is 25.1 Å². The average molecular weight is 439 g/mol. The third-order valence-corrected chi connectivity index (χ3v) is 6.59. The van der Waals surface area contributed by atoms with Gasteiger partial charge in [-0.25, -0.2) is 4.98 Å². The van der Waals surface area contributed by atoms with Crippen LogP contribution in [0.15, 0.2) is 43.0 Å². The van der Waals surface area contributed by atoms with Crippen LogP contribution in [0.25, 0.3) is 0 Å². The highest BCUT2D eigenvalue weighted by Gasteiger charge is 2.32. The Balaban J connectivity index is 1.29. The fourth-order valence-corrected chi connectivity index (χ4v) is 4.63. The molecule has 8 heteroatoms. The third-order valence-electron chi connectivity index (χ3n) is 6.59. The van der Waals surface area contributed by atoms with Crippen molar-refractivity contribution >= 4 is 17.5 Å². The summed E-state index contributed by atoms with van der Waals surface area (Å²) in [6, 6.07) is 7.39. The maximum atomic E-state index is 13.4. The molecule has 0 radical (unpaired) electrons. The zero-order chi connectivity index (χ0) is 22.3. The molecule has 0 saturated carbocycles. The summed E-state index contributed by atoms with van der Waals surface area (Å²) in [5, 5.41) is 3.02. The van der Waals surface area contributed by atoms with E-state index >= 15 is 0 Å². The van der Waals surface area contributed by atoms with Gasteiger partial charge in [0.15, 0.2) is 0 Å². The second kappa shape index (κ2) is 10.7. The molecule has 1 saturated heterocycles. The molecule has 8 nitrogen and oxygen atoms in total. The number of imidazole rings is 1. The van der Waals surface area contributed by atoms with Gasteiger partial charge in [0, 0.05) is 57.3 Å². The molecule has 32 heavy (non-hydrogen) atoms. The van der Waals surface area contributed by atoms with Crippen molar-refractivity contribution in [3.63, 3.8) is 0 Å². The van der Waals surface area contributed by atoms with Gasteiger partial charge in [-0.3, -0.25) is 9.59 Å². The van der Waals surface area contributed by atoms with E-state index in [0.29, 0.717) is 13.1 Å². The molecular formula is C24H34N6O2. The molecular weight excluding hydrogens is 404 g/mol. The Morgan fingerprint density at radius 1 is 1.09 bits per heavy atom. The van der Waals surface area contributed by atoms with E-state index in [1.807, 2.05) is 23.1 Å². The Morgan fingerprint density at radius 3 is 2.62 bits per heavy atom. The Labute approximate surface area is 190 Å². The second-order valence-corrected chi connectivity index (χ2v) is 8.58. The molecule has 2 amide bonds. The smallest absolute Gasteiger partial charge is 0.250 e. The first kappa shape index (κ1) is 22.5. The van der Waals surface area contributed by atoms with Crippen LogP contribution in [-0.2, 0) is 16.0 Å². The van der Waals surface area contributed by atoms with Crippen molar-refractivity contribution in [1.29, 1.82) is 0 Å². The number of likely N-dealkylation sites (N-methyl/N-ethyl adjacent to an activating group) is 1. The fraction of sp³-hybridized carbons (Fsp3) is 0.542. The first-order valence-electron chi connectivity index (χ1n) is 11.7. The van der Waals surface area contributed by atoms with E-state index in [1.54, 1.807) is 23.3 Å². The Bertz CT molecular complexity index is 892. The maximum Gasteiger partial charge on any atom is 0.250 e. The van der Waals surface area contributed by atoms with Crippen LogP contribution in [0.4, 0.5) is 5.69 Å². The average Bonchev–Trinajstić information content (AvgIpc) is 3.50. The van der Waals surface area contributed by atoms with Crippen LogP contribution in [0.3, 0.4) is 0 Å².